The lowest BCUT2D eigenvalue weighted by molar-refractivity contribution is -0.142. The number of aromatic amines is 1. The lowest BCUT2D eigenvalue weighted by Gasteiger charge is -2.09. The number of carbonyl (C=O) groups excluding carboxylic acids is 1. The Morgan fingerprint density at radius 3 is 2.65 bits per heavy atom. The first-order valence-electron chi connectivity index (χ1n) is 4.65. The molecule has 0 saturated carbocycles. The number of esters is 1. The zero-order valence-corrected chi connectivity index (χ0v) is 11.1. The standard InChI is InChI=1S/C9H9Cl3N2O3/c1-2-17-6(15)3-5-4-13-8(9(10,11)12)14-7(5)16/h4H,2-3H2,1H3,(H,13,14,16). The molecule has 0 bridgehead atoms. The maximum Gasteiger partial charge on any atom is 0.310 e. The molecule has 0 fully saturated rings. The fourth-order valence-corrected chi connectivity index (χ4v) is 1.35. The van der Waals surface area contributed by atoms with E-state index in [-0.39, 0.29) is 24.4 Å². The predicted octanol–water partition coefficient (Wildman–Crippen LogP) is 1.70. The summed E-state index contributed by atoms with van der Waals surface area (Å²) >= 11 is 16.6. The summed E-state index contributed by atoms with van der Waals surface area (Å²) in [5.74, 6) is -0.610. The summed E-state index contributed by atoms with van der Waals surface area (Å²) in [7, 11) is 0. The molecule has 0 unspecified atom stereocenters. The molecular weight excluding hydrogens is 290 g/mol. The van der Waals surface area contributed by atoms with E-state index in [0.29, 0.717) is 0 Å². The first-order chi connectivity index (χ1) is 7.84. The molecule has 0 aliphatic carbocycles. The van der Waals surface area contributed by atoms with Crippen LogP contribution in [0.25, 0.3) is 0 Å². The molecule has 17 heavy (non-hydrogen) atoms. The highest BCUT2D eigenvalue weighted by molar-refractivity contribution is 6.66. The highest BCUT2D eigenvalue weighted by Gasteiger charge is 2.26. The van der Waals surface area contributed by atoms with Crippen molar-refractivity contribution in [3.8, 4) is 0 Å². The molecule has 0 amide bonds. The van der Waals surface area contributed by atoms with Crippen molar-refractivity contribution in [1.29, 1.82) is 0 Å². The second kappa shape index (κ2) is 5.71. The van der Waals surface area contributed by atoms with Gasteiger partial charge in [0.25, 0.3) is 5.56 Å². The minimum atomic E-state index is -1.80. The Morgan fingerprint density at radius 2 is 2.18 bits per heavy atom. The number of hydrogen-bond acceptors (Lipinski definition) is 4. The zero-order valence-electron chi connectivity index (χ0n) is 8.80. The van der Waals surface area contributed by atoms with Crippen LogP contribution in [0.15, 0.2) is 11.0 Å². The average Bonchev–Trinajstić information content (AvgIpc) is 2.20. The molecule has 0 radical (unpaired) electrons. The number of nitrogens with zero attached hydrogens (tertiary/aromatic N) is 1. The molecule has 0 saturated heterocycles. The summed E-state index contributed by atoms with van der Waals surface area (Å²) < 4.78 is 2.90. The number of halogens is 3. The predicted molar refractivity (Wildman–Crippen MR) is 64.4 cm³/mol. The van der Waals surface area contributed by atoms with Gasteiger partial charge in [-0.1, -0.05) is 34.8 Å². The highest BCUT2D eigenvalue weighted by atomic mass is 35.6. The second-order valence-electron chi connectivity index (χ2n) is 3.07. The fourth-order valence-electron chi connectivity index (χ4n) is 1.06. The Labute approximate surface area is 112 Å². The van der Waals surface area contributed by atoms with Gasteiger partial charge in [-0.3, -0.25) is 9.59 Å². The van der Waals surface area contributed by atoms with E-state index in [9.17, 15) is 9.59 Å². The monoisotopic (exact) mass is 298 g/mol. The molecule has 0 aromatic carbocycles. The van der Waals surface area contributed by atoms with Gasteiger partial charge < -0.3 is 9.72 Å². The molecule has 1 aromatic heterocycles. The molecule has 1 rings (SSSR count). The van der Waals surface area contributed by atoms with Crippen LogP contribution < -0.4 is 5.56 Å². The fraction of sp³-hybridized carbons (Fsp3) is 0.444. The van der Waals surface area contributed by atoms with Crippen molar-refractivity contribution in [2.24, 2.45) is 0 Å². The van der Waals surface area contributed by atoms with E-state index >= 15 is 0 Å². The van der Waals surface area contributed by atoms with Crippen LogP contribution >= 0.6 is 34.8 Å². The quantitative estimate of drug-likeness (QED) is 0.681. The number of alkyl halides is 3. The summed E-state index contributed by atoms with van der Waals surface area (Å²) in [6, 6.07) is 0. The van der Waals surface area contributed by atoms with E-state index < -0.39 is 15.3 Å². The van der Waals surface area contributed by atoms with Crippen LogP contribution in [0.3, 0.4) is 0 Å². The Balaban J connectivity index is 2.91. The summed E-state index contributed by atoms with van der Waals surface area (Å²) in [6.45, 7) is 1.92. The first kappa shape index (κ1) is 14.3. The van der Waals surface area contributed by atoms with E-state index in [1.54, 1.807) is 6.92 Å². The highest BCUT2D eigenvalue weighted by Crippen LogP contribution is 2.34. The molecule has 1 heterocycles. The van der Waals surface area contributed by atoms with Crippen molar-refractivity contribution >= 4 is 40.8 Å². The van der Waals surface area contributed by atoms with Gasteiger partial charge in [0.2, 0.25) is 3.79 Å². The maximum atomic E-state index is 11.5. The van der Waals surface area contributed by atoms with Crippen molar-refractivity contribution in [1.82, 2.24) is 9.97 Å². The molecule has 0 atom stereocenters. The summed E-state index contributed by atoms with van der Waals surface area (Å²) in [5.41, 5.74) is -0.379. The maximum absolute atomic E-state index is 11.5. The summed E-state index contributed by atoms with van der Waals surface area (Å²) in [6.07, 6.45) is 1.02. The molecule has 0 spiro atoms. The van der Waals surface area contributed by atoms with Gasteiger partial charge >= 0.3 is 5.97 Å². The Morgan fingerprint density at radius 1 is 1.53 bits per heavy atom. The number of H-pyrrole nitrogens is 1. The van der Waals surface area contributed by atoms with Gasteiger partial charge in [-0.05, 0) is 6.92 Å². The third-order valence-corrected chi connectivity index (χ3v) is 2.32. The number of carbonyl (C=O) groups is 1. The van der Waals surface area contributed by atoms with Crippen LogP contribution in [-0.2, 0) is 19.7 Å². The molecule has 1 N–H and O–H groups in total. The van der Waals surface area contributed by atoms with Gasteiger partial charge in [0, 0.05) is 11.8 Å². The summed E-state index contributed by atoms with van der Waals surface area (Å²) in [4.78, 5) is 28.8. The SMILES string of the molecule is CCOC(=O)Cc1cnc(C(Cl)(Cl)Cl)[nH]c1=O. The molecule has 8 heteroatoms. The Bertz CT molecular complexity index is 467. The molecule has 0 aliphatic heterocycles. The Kier molecular flexibility index (Phi) is 4.80. The van der Waals surface area contributed by atoms with Crippen LogP contribution in [0.1, 0.15) is 18.3 Å². The van der Waals surface area contributed by atoms with Crippen molar-refractivity contribution in [3.05, 3.63) is 27.9 Å². The minimum absolute atomic E-state index is 0.0971. The van der Waals surface area contributed by atoms with Crippen LogP contribution in [0.5, 0.6) is 0 Å². The van der Waals surface area contributed by atoms with Gasteiger partial charge in [-0.25, -0.2) is 4.98 Å². The number of nitrogens with one attached hydrogen (secondary N) is 1. The third-order valence-electron chi connectivity index (χ3n) is 1.78. The topological polar surface area (TPSA) is 72.0 Å². The zero-order chi connectivity index (χ0) is 13.1. The van der Waals surface area contributed by atoms with E-state index in [0.717, 1.165) is 0 Å². The molecule has 0 aliphatic rings. The molecule has 94 valence electrons. The van der Waals surface area contributed by atoms with Crippen molar-refractivity contribution in [2.75, 3.05) is 6.61 Å². The van der Waals surface area contributed by atoms with Crippen molar-refractivity contribution < 1.29 is 9.53 Å². The number of rotatable bonds is 3. The lowest BCUT2D eigenvalue weighted by atomic mass is 10.2. The van der Waals surface area contributed by atoms with Gasteiger partial charge in [0.05, 0.1) is 13.0 Å². The van der Waals surface area contributed by atoms with Crippen molar-refractivity contribution in [2.45, 2.75) is 17.1 Å². The normalized spacial score (nSPS) is 11.3. The van der Waals surface area contributed by atoms with Crippen LogP contribution in [-0.4, -0.2) is 22.5 Å². The van der Waals surface area contributed by atoms with E-state index in [2.05, 4.69) is 9.97 Å². The molecule has 1 aromatic rings. The van der Waals surface area contributed by atoms with Gasteiger partial charge in [0.15, 0.2) is 5.82 Å². The van der Waals surface area contributed by atoms with E-state index in [1.807, 2.05) is 0 Å². The first-order valence-corrected chi connectivity index (χ1v) is 5.79. The van der Waals surface area contributed by atoms with Gasteiger partial charge in [0.1, 0.15) is 0 Å². The minimum Gasteiger partial charge on any atom is -0.466 e. The lowest BCUT2D eigenvalue weighted by Crippen LogP contribution is -2.22. The van der Waals surface area contributed by atoms with E-state index in [1.165, 1.54) is 6.20 Å². The molecular formula is C9H9Cl3N2O3. The van der Waals surface area contributed by atoms with Crippen LogP contribution in [0, 0.1) is 0 Å². The summed E-state index contributed by atoms with van der Waals surface area (Å²) in [5, 5.41) is 0. The largest absolute Gasteiger partial charge is 0.466 e. The van der Waals surface area contributed by atoms with Gasteiger partial charge in [-0.15, -0.1) is 0 Å². The van der Waals surface area contributed by atoms with E-state index in [4.69, 9.17) is 39.5 Å². The van der Waals surface area contributed by atoms with Crippen LogP contribution in [0.2, 0.25) is 0 Å². The molecule has 5 nitrogen and oxygen atoms in total. The second-order valence-corrected chi connectivity index (χ2v) is 5.35. The Hall–Kier alpha value is -0.780. The number of ether oxygens (including phenoxy) is 1. The van der Waals surface area contributed by atoms with Crippen LogP contribution in [0.4, 0.5) is 0 Å². The number of aromatic nitrogens is 2. The van der Waals surface area contributed by atoms with Crippen molar-refractivity contribution in [3.63, 3.8) is 0 Å². The third kappa shape index (κ3) is 4.18. The average molecular weight is 300 g/mol. The number of hydrogen-bond donors (Lipinski definition) is 1. The van der Waals surface area contributed by atoms with Gasteiger partial charge in [-0.2, -0.15) is 0 Å². The smallest absolute Gasteiger partial charge is 0.310 e.